The Morgan fingerprint density at radius 1 is 1.24 bits per heavy atom. The first kappa shape index (κ1) is 21.7. The number of hydrogen-bond donors (Lipinski definition) is 0. The molecule has 0 radical (unpaired) electrons. The summed E-state index contributed by atoms with van der Waals surface area (Å²) in [7, 11) is 0. The molecule has 0 amide bonds. The van der Waals surface area contributed by atoms with Crippen molar-refractivity contribution in [2.24, 2.45) is 0 Å². The van der Waals surface area contributed by atoms with Gasteiger partial charge in [-0.15, -0.1) is 13.2 Å². The first-order valence-electron chi connectivity index (χ1n) is 6.51. The van der Waals surface area contributed by atoms with Gasteiger partial charge in [0.15, 0.2) is 0 Å². The fourth-order valence-corrected chi connectivity index (χ4v) is 2.22. The Balaban J connectivity index is 0.00000312. The number of ether oxygens (including phenoxy) is 2. The number of rotatable bonds is 3. The second-order valence-corrected chi connectivity index (χ2v) is 4.83. The molecule has 1 atom stereocenters. The van der Waals surface area contributed by atoms with E-state index in [-0.39, 0.29) is 52.9 Å². The average molecular weight is 378 g/mol. The van der Waals surface area contributed by atoms with Gasteiger partial charge in [0.1, 0.15) is 11.5 Å². The summed E-state index contributed by atoms with van der Waals surface area (Å²) in [5.41, 5.74) is -1.50. The van der Waals surface area contributed by atoms with Crippen LogP contribution in [0, 0.1) is 0 Å². The van der Waals surface area contributed by atoms with Gasteiger partial charge in [0.05, 0.1) is 5.97 Å². The number of carboxylic acids is 1. The average Bonchev–Trinajstić information content (AvgIpc) is 2.42. The Bertz CT molecular complexity index is 696. The Hall–Kier alpha value is -1.39. The zero-order valence-electron chi connectivity index (χ0n) is 12.9. The fraction of sp³-hybridized carbons (Fsp3) is 0.357. The SMILES string of the molecule is CCc1cc(OC(F)(F)F)cc2c1O[C@@H](C(F)(F)F)C(C(=O)[O-])=C2.[Na+]. The fourth-order valence-electron chi connectivity index (χ4n) is 2.22. The molecule has 1 aliphatic heterocycles. The molecule has 1 aromatic carbocycles. The molecule has 132 valence electrons. The standard InChI is InChI=1S/C14H10F6O4.Na/c1-2-6-3-8(24-14(18,19)20)4-7-5-9(12(21)22)11(13(15,16)17)23-10(6)7;/h3-5,11H,2H2,1H3,(H,21,22);/q;+1/p-1/t11-;/m1./s1. The van der Waals surface area contributed by atoms with Gasteiger partial charge in [-0.1, -0.05) is 6.92 Å². The number of carbonyl (C=O) groups excluding carboxylic acids is 1. The van der Waals surface area contributed by atoms with Gasteiger partial charge in [0.25, 0.3) is 0 Å². The molecular weight excluding hydrogens is 369 g/mol. The normalized spacial score (nSPS) is 16.9. The molecule has 0 aromatic heterocycles. The van der Waals surface area contributed by atoms with E-state index >= 15 is 0 Å². The third kappa shape index (κ3) is 5.05. The number of halogens is 6. The molecule has 0 saturated heterocycles. The monoisotopic (exact) mass is 378 g/mol. The first-order valence-corrected chi connectivity index (χ1v) is 6.51. The molecule has 11 heteroatoms. The van der Waals surface area contributed by atoms with E-state index in [0.717, 1.165) is 12.1 Å². The predicted octanol–water partition coefficient (Wildman–Crippen LogP) is -0.392. The largest absolute Gasteiger partial charge is 1.00 e. The Morgan fingerprint density at radius 2 is 1.84 bits per heavy atom. The van der Waals surface area contributed by atoms with Crippen LogP contribution in [0.4, 0.5) is 26.3 Å². The number of carbonyl (C=O) groups is 1. The number of alkyl halides is 6. The van der Waals surface area contributed by atoms with Crippen molar-refractivity contribution in [1.82, 2.24) is 0 Å². The van der Waals surface area contributed by atoms with Gasteiger partial charge in [-0.3, -0.25) is 0 Å². The van der Waals surface area contributed by atoms with Gasteiger partial charge in [0, 0.05) is 11.1 Å². The summed E-state index contributed by atoms with van der Waals surface area (Å²) in [6.07, 6.45) is -12.2. The van der Waals surface area contributed by atoms with Crippen molar-refractivity contribution >= 4 is 12.0 Å². The number of carboxylic acid groups (broad SMARTS) is 1. The van der Waals surface area contributed by atoms with Crippen LogP contribution in [0.15, 0.2) is 17.7 Å². The summed E-state index contributed by atoms with van der Waals surface area (Å²) in [4.78, 5) is 10.9. The van der Waals surface area contributed by atoms with E-state index in [1.165, 1.54) is 6.92 Å². The van der Waals surface area contributed by atoms with E-state index in [1.54, 1.807) is 0 Å². The summed E-state index contributed by atoms with van der Waals surface area (Å²) in [5, 5.41) is 10.9. The van der Waals surface area contributed by atoms with Crippen molar-refractivity contribution < 1.29 is 75.3 Å². The molecule has 1 aliphatic rings. The van der Waals surface area contributed by atoms with Crippen LogP contribution in [0.25, 0.3) is 6.08 Å². The molecule has 0 fully saturated rings. The van der Waals surface area contributed by atoms with Crippen LogP contribution in [-0.4, -0.2) is 24.6 Å². The molecule has 1 heterocycles. The van der Waals surface area contributed by atoms with E-state index in [4.69, 9.17) is 4.74 Å². The van der Waals surface area contributed by atoms with Crippen LogP contribution in [-0.2, 0) is 11.2 Å². The quantitative estimate of drug-likeness (QED) is 0.531. The molecule has 4 nitrogen and oxygen atoms in total. The molecule has 0 saturated carbocycles. The molecule has 0 aliphatic carbocycles. The second kappa shape index (κ2) is 7.46. The maximum Gasteiger partial charge on any atom is 1.00 e. The molecule has 0 spiro atoms. The molecule has 0 bridgehead atoms. The zero-order valence-corrected chi connectivity index (χ0v) is 14.9. The van der Waals surface area contributed by atoms with Crippen LogP contribution >= 0.6 is 0 Å². The van der Waals surface area contributed by atoms with E-state index in [0.29, 0.717) is 6.08 Å². The van der Waals surface area contributed by atoms with E-state index < -0.39 is 35.9 Å². The van der Waals surface area contributed by atoms with Crippen LogP contribution < -0.4 is 44.1 Å². The van der Waals surface area contributed by atoms with Crippen LogP contribution in [0.1, 0.15) is 18.1 Å². The van der Waals surface area contributed by atoms with Crippen molar-refractivity contribution in [2.75, 3.05) is 0 Å². The minimum absolute atomic E-state index is 0. The minimum Gasteiger partial charge on any atom is -0.545 e. The van der Waals surface area contributed by atoms with Gasteiger partial charge in [-0.05, 0) is 30.2 Å². The summed E-state index contributed by atoms with van der Waals surface area (Å²) >= 11 is 0. The maximum absolute atomic E-state index is 13.0. The molecule has 1 aromatic rings. The van der Waals surface area contributed by atoms with Gasteiger partial charge in [0.2, 0.25) is 6.10 Å². The summed E-state index contributed by atoms with van der Waals surface area (Å²) in [6.45, 7) is 1.48. The molecule has 25 heavy (non-hydrogen) atoms. The van der Waals surface area contributed by atoms with Crippen molar-refractivity contribution in [2.45, 2.75) is 32.0 Å². The maximum atomic E-state index is 13.0. The molecule has 2 rings (SSSR count). The van der Waals surface area contributed by atoms with Crippen molar-refractivity contribution in [1.29, 1.82) is 0 Å². The molecule has 0 unspecified atom stereocenters. The smallest absolute Gasteiger partial charge is 0.545 e. The number of aryl methyl sites for hydroxylation is 1. The topological polar surface area (TPSA) is 58.6 Å². The van der Waals surface area contributed by atoms with Crippen LogP contribution in [0.5, 0.6) is 11.5 Å². The van der Waals surface area contributed by atoms with E-state index in [1.807, 2.05) is 0 Å². The zero-order chi connectivity index (χ0) is 18.3. The third-order valence-corrected chi connectivity index (χ3v) is 3.14. The van der Waals surface area contributed by atoms with Crippen molar-refractivity contribution in [3.05, 3.63) is 28.8 Å². The molecular formula is C14H9F6NaO4. The van der Waals surface area contributed by atoms with Crippen molar-refractivity contribution in [3.8, 4) is 11.5 Å². The van der Waals surface area contributed by atoms with Crippen molar-refractivity contribution in [3.63, 3.8) is 0 Å². The van der Waals surface area contributed by atoms with E-state index in [9.17, 15) is 36.2 Å². The summed E-state index contributed by atoms with van der Waals surface area (Å²) in [6, 6.07) is 1.63. The summed E-state index contributed by atoms with van der Waals surface area (Å²) < 4.78 is 84.2. The van der Waals surface area contributed by atoms with Crippen LogP contribution in [0.2, 0.25) is 0 Å². The Morgan fingerprint density at radius 3 is 2.28 bits per heavy atom. The number of benzene rings is 1. The van der Waals surface area contributed by atoms with E-state index in [2.05, 4.69) is 4.74 Å². The summed E-state index contributed by atoms with van der Waals surface area (Å²) in [5.74, 6) is -3.18. The van der Waals surface area contributed by atoms with Gasteiger partial charge in [-0.25, -0.2) is 0 Å². The first-order chi connectivity index (χ1) is 10.9. The third-order valence-electron chi connectivity index (χ3n) is 3.14. The van der Waals surface area contributed by atoms with Gasteiger partial charge < -0.3 is 19.4 Å². The Labute approximate surface area is 159 Å². The number of fused-ring (bicyclic) bond motifs is 1. The predicted molar refractivity (Wildman–Crippen MR) is 66.0 cm³/mol. The second-order valence-electron chi connectivity index (χ2n) is 4.83. The van der Waals surface area contributed by atoms with Gasteiger partial charge in [-0.2, -0.15) is 13.2 Å². The number of aliphatic carboxylic acids is 1. The molecule has 0 N–H and O–H groups in total. The van der Waals surface area contributed by atoms with Gasteiger partial charge >= 0.3 is 42.1 Å². The Kier molecular flexibility index (Phi) is 6.47. The van der Waals surface area contributed by atoms with Crippen LogP contribution in [0.3, 0.4) is 0 Å². The minimum atomic E-state index is -5.03. The number of hydrogen-bond acceptors (Lipinski definition) is 4.